The van der Waals surface area contributed by atoms with Gasteiger partial charge in [-0.3, -0.25) is 0 Å². The third-order valence-electron chi connectivity index (χ3n) is 3.78. The molecule has 3 aromatic rings. The summed E-state index contributed by atoms with van der Waals surface area (Å²) in [5, 5.41) is 10.2. The number of rotatable bonds is 4. The van der Waals surface area contributed by atoms with E-state index in [1.54, 1.807) is 20.3 Å². The third-order valence-corrected chi connectivity index (χ3v) is 3.78. The molecule has 116 valence electrons. The Balaban J connectivity index is 2.08. The Bertz CT molecular complexity index is 825. The molecule has 0 bridgehead atoms. The smallest absolute Gasteiger partial charge is 0.123 e. The standard InChI is InChI=1S/C20H18O3/c1-22-17-7-3-5-14(11-17)15-9-10-20(21)19(13-15)16-6-4-8-18(12-16)23-2/h3-13,21H,1-2H3. The van der Waals surface area contributed by atoms with Crippen LogP contribution in [0.1, 0.15) is 0 Å². The zero-order valence-electron chi connectivity index (χ0n) is 13.1. The average molecular weight is 306 g/mol. The molecular weight excluding hydrogens is 288 g/mol. The second-order valence-electron chi connectivity index (χ2n) is 5.20. The van der Waals surface area contributed by atoms with Crippen LogP contribution in [0.2, 0.25) is 0 Å². The van der Waals surface area contributed by atoms with Crippen LogP contribution in [0, 0.1) is 0 Å². The van der Waals surface area contributed by atoms with E-state index in [-0.39, 0.29) is 5.75 Å². The van der Waals surface area contributed by atoms with Crippen molar-refractivity contribution in [3.63, 3.8) is 0 Å². The molecular formula is C20H18O3. The second-order valence-corrected chi connectivity index (χ2v) is 5.20. The zero-order chi connectivity index (χ0) is 16.2. The van der Waals surface area contributed by atoms with Crippen LogP contribution < -0.4 is 9.47 Å². The molecule has 23 heavy (non-hydrogen) atoms. The fraction of sp³-hybridized carbons (Fsp3) is 0.100. The molecule has 0 unspecified atom stereocenters. The summed E-state index contributed by atoms with van der Waals surface area (Å²) in [5.74, 6) is 1.80. The Morgan fingerprint density at radius 3 is 1.87 bits per heavy atom. The van der Waals surface area contributed by atoms with Crippen molar-refractivity contribution < 1.29 is 14.6 Å². The van der Waals surface area contributed by atoms with Crippen molar-refractivity contribution in [1.82, 2.24) is 0 Å². The summed E-state index contributed by atoms with van der Waals surface area (Å²) in [6.45, 7) is 0. The summed E-state index contributed by atoms with van der Waals surface area (Å²) >= 11 is 0. The van der Waals surface area contributed by atoms with Crippen LogP contribution in [-0.4, -0.2) is 19.3 Å². The lowest BCUT2D eigenvalue weighted by Gasteiger charge is -2.10. The van der Waals surface area contributed by atoms with Crippen LogP contribution in [0.3, 0.4) is 0 Å². The summed E-state index contributed by atoms with van der Waals surface area (Å²) in [6.07, 6.45) is 0. The number of hydrogen-bond donors (Lipinski definition) is 1. The highest BCUT2D eigenvalue weighted by Crippen LogP contribution is 2.35. The molecule has 1 N–H and O–H groups in total. The van der Waals surface area contributed by atoms with Gasteiger partial charge in [0.15, 0.2) is 0 Å². The number of aromatic hydroxyl groups is 1. The lowest BCUT2D eigenvalue weighted by molar-refractivity contribution is 0.415. The largest absolute Gasteiger partial charge is 0.507 e. The number of ether oxygens (including phenoxy) is 2. The normalized spacial score (nSPS) is 10.3. The van der Waals surface area contributed by atoms with Gasteiger partial charge in [0.05, 0.1) is 14.2 Å². The molecule has 0 radical (unpaired) electrons. The van der Waals surface area contributed by atoms with E-state index in [2.05, 4.69) is 0 Å². The number of phenolic OH excluding ortho intramolecular Hbond substituents is 1. The van der Waals surface area contributed by atoms with E-state index in [1.165, 1.54) is 0 Å². The summed E-state index contributed by atoms with van der Waals surface area (Å²) in [5.41, 5.74) is 3.73. The van der Waals surface area contributed by atoms with Crippen LogP contribution in [0.5, 0.6) is 17.2 Å². The molecule has 3 aromatic carbocycles. The first-order chi connectivity index (χ1) is 11.2. The van der Waals surface area contributed by atoms with Crippen LogP contribution in [0.4, 0.5) is 0 Å². The molecule has 3 rings (SSSR count). The molecule has 0 amide bonds. The van der Waals surface area contributed by atoms with Crippen molar-refractivity contribution in [2.45, 2.75) is 0 Å². The summed E-state index contributed by atoms with van der Waals surface area (Å²) in [6, 6.07) is 21.1. The maximum absolute atomic E-state index is 10.2. The molecule has 0 aromatic heterocycles. The van der Waals surface area contributed by atoms with Gasteiger partial charge in [-0.15, -0.1) is 0 Å². The highest BCUT2D eigenvalue weighted by Gasteiger charge is 2.08. The number of benzene rings is 3. The van der Waals surface area contributed by atoms with Crippen molar-refractivity contribution in [2.75, 3.05) is 14.2 Å². The van der Waals surface area contributed by atoms with Gasteiger partial charge >= 0.3 is 0 Å². The van der Waals surface area contributed by atoms with E-state index >= 15 is 0 Å². The minimum absolute atomic E-state index is 0.241. The van der Waals surface area contributed by atoms with Gasteiger partial charge in [-0.05, 0) is 53.1 Å². The zero-order valence-corrected chi connectivity index (χ0v) is 13.1. The molecule has 0 saturated carbocycles. The molecule has 0 fully saturated rings. The van der Waals surface area contributed by atoms with Crippen LogP contribution in [0.15, 0.2) is 66.7 Å². The van der Waals surface area contributed by atoms with Gasteiger partial charge in [-0.2, -0.15) is 0 Å². The van der Waals surface area contributed by atoms with Gasteiger partial charge in [-0.25, -0.2) is 0 Å². The molecule has 0 heterocycles. The number of methoxy groups -OCH3 is 2. The van der Waals surface area contributed by atoms with Crippen molar-refractivity contribution >= 4 is 0 Å². The first-order valence-electron chi connectivity index (χ1n) is 7.33. The van der Waals surface area contributed by atoms with Gasteiger partial charge < -0.3 is 14.6 Å². The monoisotopic (exact) mass is 306 g/mol. The van der Waals surface area contributed by atoms with Gasteiger partial charge in [0.25, 0.3) is 0 Å². The van der Waals surface area contributed by atoms with Crippen LogP contribution in [-0.2, 0) is 0 Å². The summed E-state index contributed by atoms with van der Waals surface area (Å²) in [7, 11) is 3.28. The fourth-order valence-electron chi connectivity index (χ4n) is 2.54. The van der Waals surface area contributed by atoms with Crippen molar-refractivity contribution in [2.24, 2.45) is 0 Å². The second kappa shape index (κ2) is 6.44. The predicted octanol–water partition coefficient (Wildman–Crippen LogP) is 4.74. The van der Waals surface area contributed by atoms with E-state index in [0.717, 1.165) is 33.8 Å². The van der Waals surface area contributed by atoms with E-state index in [1.807, 2.05) is 60.7 Å². The summed E-state index contributed by atoms with van der Waals surface area (Å²) < 4.78 is 10.5. The maximum atomic E-state index is 10.2. The quantitative estimate of drug-likeness (QED) is 0.756. The van der Waals surface area contributed by atoms with Gasteiger partial charge in [0.2, 0.25) is 0 Å². The Morgan fingerprint density at radius 2 is 1.22 bits per heavy atom. The lowest BCUT2D eigenvalue weighted by Crippen LogP contribution is -1.87. The SMILES string of the molecule is COc1cccc(-c2ccc(O)c(-c3cccc(OC)c3)c2)c1. The predicted molar refractivity (Wildman–Crippen MR) is 92.1 cm³/mol. The number of hydrogen-bond acceptors (Lipinski definition) is 3. The lowest BCUT2D eigenvalue weighted by atomic mass is 9.98. The average Bonchev–Trinajstić information content (AvgIpc) is 2.62. The van der Waals surface area contributed by atoms with Crippen LogP contribution >= 0.6 is 0 Å². The van der Waals surface area contributed by atoms with Gasteiger partial charge in [0, 0.05) is 5.56 Å². The Morgan fingerprint density at radius 1 is 0.652 bits per heavy atom. The van der Waals surface area contributed by atoms with Crippen molar-refractivity contribution in [3.8, 4) is 39.5 Å². The highest BCUT2D eigenvalue weighted by molar-refractivity contribution is 5.78. The van der Waals surface area contributed by atoms with E-state index in [4.69, 9.17) is 9.47 Å². The fourth-order valence-corrected chi connectivity index (χ4v) is 2.54. The van der Waals surface area contributed by atoms with E-state index < -0.39 is 0 Å². The van der Waals surface area contributed by atoms with Crippen LogP contribution in [0.25, 0.3) is 22.3 Å². The maximum Gasteiger partial charge on any atom is 0.123 e. The first-order valence-corrected chi connectivity index (χ1v) is 7.33. The molecule has 3 heteroatoms. The first kappa shape index (κ1) is 15.0. The molecule has 0 aliphatic carbocycles. The highest BCUT2D eigenvalue weighted by atomic mass is 16.5. The van der Waals surface area contributed by atoms with Crippen molar-refractivity contribution in [1.29, 1.82) is 0 Å². The van der Waals surface area contributed by atoms with E-state index in [9.17, 15) is 5.11 Å². The van der Waals surface area contributed by atoms with Crippen molar-refractivity contribution in [3.05, 3.63) is 66.7 Å². The molecule has 0 aliphatic rings. The molecule has 0 spiro atoms. The topological polar surface area (TPSA) is 38.7 Å². The number of phenols is 1. The van der Waals surface area contributed by atoms with Gasteiger partial charge in [-0.1, -0.05) is 30.3 Å². The summed E-state index contributed by atoms with van der Waals surface area (Å²) in [4.78, 5) is 0. The minimum Gasteiger partial charge on any atom is -0.507 e. The Hall–Kier alpha value is -2.94. The molecule has 3 nitrogen and oxygen atoms in total. The molecule has 0 atom stereocenters. The minimum atomic E-state index is 0.241. The molecule has 0 saturated heterocycles. The Kier molecular flexibility index (Phi) is 4.20. The molecule has 0 aliphatic heterocycles. The van der Waals surface area contributed by atoms with E-state index in [0.29, 0.717) is 0 Å². The third kappa shape index (κ3) is 3.14. The van der Waals surface area contributed by atoms with Gasteiger partial charge in [0.1, 0.15) is 17.2 Å². The Labute approximate surface area is 135 Å².